The number of thioether (sulfide) groups is 1. The Hall–Kier alpha value is -3.89. The van der Waals surface area contributed by atoms with Crippen molar-refractivity contribution in [3.05, 3.63) is 94.9 Å². The van der Waals surface area contributed by atoms with Crippen LogP contribution in [0.15, 0.2) is 66.7 Å². The van der Waals surface area contributed by atoms with E-state index in [-0.39, 0.29) is 23.6 Å². The van der Waals surface area contributed by atoms with E-state index in [1.54, 1.807) is 41.8 Å². The first-order chi connectivity index (χ1) is 18.5. The first-order valence-corrected chi connectivity index (χ1v) is 13.8. The molecule has 0 saturated carbocycles. The summed E-state index contributed by atoms with van der Waals surface area (Å²) in [5, 5.41) is 8.39. The SMILES string of the molecule is COc1ccc2nc(-n3nc(C)c4c3NC(=O)CSC4c3ccc(OCc4ccccc4F)cc3)sc2c1. The van der Waals surface area contributed by atoms with E-state index >= 15 is 0 Å². The highest BCUT2D eigenvalue weighted by Crippen LogP contribution is 2.44. The number of aryl methyl sites for hydroxylation is 1. The minimum absolute atomic E-state index is 0.0903. The molecule has 0 saturated heterocycles. The molecule has 0 fully saturated rings. The zero-order chi connectivity index (χ0) is 26.2. The van der Waals surface area contributed by atoms with Gasteiger partial charge in [0, 0.05) is 11.1 Å². The highest BCUT2D eigenvalue weighted by atomic mass is 32.2. The third-order valence-corrected chi connectivity index (χ3v) is 8.57. The predicted molar refractivity (Wildman–Crippen MR) is 148 cm³/mol. The van der Waals surface area contributed by atoms with Crippen molar-refractivity contribution in [2.45, 2.75) is 18.8 Å². The molecule has 5 aromatic rings. The smallest absolute Gasteiger partial charge is 0.235 e. The third-order valence-electron chi connectivity index (χ3n) is 6.31. The Morgan fingerprint density at radius 1 is 1.11 bits per heavy atom. The van der Waals surface area contributed by atoms with Gasteiger partial charge in [0.05, 0.1) is 34.0 Å². The number of thiazole rings is 1. The summed E-state index contributed by atoms with van der Waals surface area (Å²) in [4.78, 5) is 17.5. The molecule has 7 nitrogen and oxygen atoms in total. The topological polar surface area (TPSA) is 78.3 Å². The number of amides is 1. The van der Waals surface area contributed by atoms with Crippen LogP contribution in [0.5, 0.6) is 11.5 Å². The van der Waals surface area contributed by atoms with Crippen molar-refractivity contribution in [3.8, 4) is 16.6 Å². The van der Waals surface area contributed by atoms with Crippen molar-refractivity contribution in [3.63, 3.8) is 0 Å². The Morgan fingerprint density at radius 3 is 2.68 bits per heavy atom. The largest absolute Gasteiger partial charge is 0.497 e. The van der Waals surface area contributed by atoms with Gasteiger partial charge in [-0.2, -0.15) is 9.78 Å². The van der Waals surface area contributed by atoms with E-state index in [4.69, 9.17) is 19.6 Å². The van der Waals surface area contributed by atoms with Crippen molar-refractivity contribution in [1.82, 2.24) is 14.8 Å². The van der Waals surface area contributed by atoms with Gasteiger partial charge in [-0.1, -0.05) is 41.7 Å². The lowest BCUT2D eigenvalue weighted by Gasteiger charge is -2.16. The minimum atomic E-state index is -0.288. The number of aromatic nitrogens is 3. The Bertz CT molecular complexity index is 1650. The van der Waals surface area contributed by atoms with Crippen molar-refractivity contribution in [1.29, 1.82) is 0 Å². The number of nitrogens with zero attached hydrogens (tertiary/aromatic N) is 3. The van der Waals surface area contributed by atoms with Gasteiger partial charge in [-0.3, -0.25) is 4.79 Å². The number of hydrogen-bond donors (Lipinski definition) is 1. The maximum absolute atomic E-state index is 13.9. The second-order valence-corrected chi connectivity index (χ2v) is 10.9. The van der Waals surface area contributed by atoms with E-state index in [2.05, 4.69) is 5.32 Å². The number of fused-ring (bicyclic) bond motifs is 2. The fourth-order valence-electron chi connectivity index (χ4n) is 4.41. The lowest BCUT2D eigenvalue weighted by atomic mass is 10.0. The number of methoxy groups -OCH3 is 1. The van der Waals surface area contributed by atoms with E-state index in [0.29, 0.717) is 28.0 Å². The van der Waals surface area contributed by atoms with Crippen LogP contribution in [0, 0.1) is 12.7 Å². The molecular formula is C28H23FN4O3S2. The fraction of sp³-hybridized carbons (Fsp3) is 0.179. The molecule has 192 valence electrons. The normalized spacial score (nSPS) is 15.1. The van der Waals surface area contributed by atoms with Gasteiger partial charge in [0.2, 0.25) is 11.0 Å². The van der Waals surface area contributed by atoms with E-state index in [9.17, 15) is 9.18 Å². The predicted octanol–water partition coefficient (Wildman–Crippen LogP) is 6.29. The average Bonchev–Trinajstić information content (AvgIpc) is 3.43. The molecule has 2 aromatic heterocycles. The number of nitrogens with one attached hydrogen (secondary N) is 1. The van der Waals surface area contributed by atoms with Gasteiger partial charge in [0.25, 0.3) is 0 Å². The van der Waals surface area contributed by atoms with Crippen LogP contribution in [0.4, 0.5) is 10.2 Å². The van der Waals surface area contributed by atoms with Crippen molar-refractivity contribution in [2.75, 3.05) is 18.2 Å². The summed E-state index contributed by atoms with van der Waals surface area (Å²) in [6.07, 6.45) is 0. The number of anilines is 1. The van der Waals surface area contributed by atoms with E-state index in [0.717, 1.165) is 32.8 Å². The van der Waals surface area contributed by atoms with Gasteiger partial charge in [-0.15, -0.1) is 11.8 Å². The summed E-state index contributed by atoms with van der Waals surface area (Å²) in [6, 6.07) is 20.0. The second kappa shape index (κ2) is 10.1. The van der Waals surface area contributed by atoms with Crippen LogP contribution >= 0.6 is 23.1 Å². The second-order valence-electron chi connectivity index (χ2n) is 8.78. The molecule has 3 aromatic carbocycles. The molecule has 1 atom stereocenters. The molecule has 3 heterocycles. The number of hydrogen-bond acceptors (Lipinski definition) is 7. The first kappa shape index (κ1) is 24.4. The molecular weight excluding hydrogens is 523 g/mol. The Labute approximate surface area is 226 Å². The van der Waals surface area contributed by atoms with Crippen molar-refractivity contribution < 1.29 is 18.7 Å². The van der Waals surface area contributed by atoms with Gasteiger partial charge in [-0.05, 0) is 48.9 Å². The van der Waals surface area contributed by atoms with Gasteiger partial charge in [0.1, 0.15) is 29.7 Å². The first-order valence-electron chi connectivity index (χ1n) is 11.9. The monoisotopic (exact) mass is 546 g/mol. The van der Waals surface area contributed by atoms with Crippen molar-refractivity contribution in [2.24, 2.45) is 0 Å². The molecule has 1 aliphatic heterocycles. The van der Waals surface area contributed by atoms with E-state index in [1.165, 1.54) is 17.4 Å². The summed E-state index contributed by atoms with van der Waals surface area (Å²) in [5.41, 5.74) is 4.11. The quantitative estimate of drug-likeness (QED) is 0.270. The Balaban J connectivity index is 1.32. The van der Waals surface area contributed by atoms with E-state index in [1.807, 2.05) is 49.4 Å². The number of halogens is 1. The minimum Gasteiger partial charge on any atom is -0.497 e. The highest BCUT2D eigenvalue weighted by molar-refractivity contribution is 8.00. The Morgan fingerprint density at radius 2 is 1.89 bits per heavy atom. The van der Waals surface area contributed by atoms with Crippen LogP contribution in [0.25, 0.3) is 15.3 Å². The van der Waals surface area contributed by atoms with Crippen molar-refractivity contribution >= 4 is 45.0 Å². The fourth-order valence-corrected chi connectivity index (χ4v) is 6.55. The molecule has 0 bridgehead atoms. The molecule has 1 aliphatic rings. The van der Waals surface area contributed by atoms with Crippen LogP contribution in [-0.4, -0.2) is 33.5 Å². The lowest BCUT2D eigenvalue weighted by Crippen LogP contribution is -2.15. The molecule has 0 aliphatic carbocycles. The van der Waals surface area contributed by atoms with Crippen LogP contribution < -0.4 is 14.8 Å². The standard InChI is InChI=1S/C28H23FN4O3S2/c1-16-25-26(17-7-9-19(10-8-17)36-14-18-5-3-4-6-21(18)29)37-15-24(34)31-27(25)33(32-16)28-30-22-12-11-20(35-2)13-23(22)38-28/h3-13,26H,14-15H2,1-2H3,(H,31,34). The number of carbonyl (C=O) groups excluding carboxylic acids is 1. The summed E-state index contributed by atoms with van der Waals surface area (Å²) in [7, 11) is 1.63. The van der Waals surface area contributed by atoms with Gasteiger partial charge in [-0.25, -0.2) is 9.37 Å². The molecule has 38 heavy (non-hydrogen) atoms. The number of carbonyl (C=O) groups is 1. The Kier molecular flexibility index (Phi) is 6.50. The summed E-state index contributed by atoms with van der Waals surface area (Å²) in [5.74, 6) is 1.96. The van der Waals surface area contributed by atoms with Gasteiger partial charge >= 0.3 is 0 Å². The lowest BCUT2D eigenvalue weighted by molar-refractivity contribution is -0.113. The van der Waals surface area contributed by atoms with Crippen LogP contribution in [0.3, 0.4) is 0 Å². The van der Waals surface area contributed by atoms with E-state index < -0.39 is 0 Å². The number of rotatable bonds is 6. The third kappa shape index (κ3) is 4.61. The highest BCUT2D eigenvalue weighted by Gasteiger charge is 2.31. The summed E-state index contributed by atoms with van der Waals surface area (Å²) in [6.45, 7) is 2.09. The molecule has 0 radical (unpaired) electrons. The number of ether oxygens (including phenoxy) is 2. The molecule has 0 spiro atoms. The number of benzene rings is 3. The molecule has 1 N–H and O–H groups in total. The zero-order valence-corrected chi connectivity index (χ0v) is 22.2. The van der Waals surface area contributed by atoms with Gasteiger partial charge in [0.15, 0.2) is 0 Å². The maximum Gasteiger partial charge on any atom is 0.235 e. The molecule has 6 rings (SSSR count). The van der Waals surface area contributed by atoms with Crippen LogP contribution in [-0.2, 0) is 11.4 Å². The van der Waals surface area contributed by atoms with Crippen LogP contribution in [0.2, 0.25) is 0 Å². The average molecular weight is 547 g/mol. The maximum atomic E-state index is 13.9. The summed E-state index contributed by atoms with van der Waals surface area (Å²) < 4.78 is 27.8. The zero-order valence-electron chi connectivity index (χ0n) is 20.6. The van der Waals surface area contributed by atoms with Crippen LogP contribution in [0.1, 0.15) is 27.6 Å². The molecule has 1 unspecified atom stereocenters. The molecule has 1 amide bonds. The van der Waals surface area contributed by atoms with Gasteiger partial charge < -0.3 is 14.8 Å². The summed E-state index contributed by atoms with van der Waals surface area (Å²) >= 11 is 3.03. The molecule has 10 heteroatoms.